The quantitative estimate of drug-likeness (QED) is 0.734. The van der Waals surface area contributed by atoms with Crippen LogP contribution in [0.1, 0.15) is 43.0 Å². The lowest BCUT2D eigenvalue weighted by Crippen LogP contribution is -2.32. The Bertz CT molecular complexity index is 419. The third-order valence-electron chi connectivity index (χ3n) is 3.82. The summed E-state index contributed by atoms with van der Waals surface area (Å²) in [5.74, 6) is 1.01. The Kier molecular flexibility index (Phi) is 5.03. The number of benzene rings is 1. The van der Waals surface area contributed by atoms with Crippen LogP contribution in [0.15, 0.2) is 24.3 Å². The van der Waals surface area contributed by atoms with Gasteiger partial charge in [-0.25, -0.2) is 0 Å². The molecule has 1 amide bonds. The van der Waals surface area contributed by atoms with Gasteiger partial charge >= 0.3 is 0 Å². The summed E-state index contributed by atoms with van der Waals surface area (Å²) < 4.78 is 1.05. The lowest BCUT2D eigenvalue weighted by atomic mass is 9.98. The minimum atomic E-state index is 0.205. The monoisotopic (exact) mass is 357 g/mol. The number of likely N-dealkylation sites (tertiary alicyclic amines) is 1. The molecule has 18 heavy (non-hydrogen) atoms. The van der Waals surface area contributed by atoms with Gasteiger partial charge in [0.05, 0.1) is 5.56 Å². The Labute approximate surface area is 123 Å². The molecule has 2 rings (SSSR count). The molecule has 0 aromatic heterocycles. The number of amides is 1. The summed E-state index contributed by atoms with van der Waals surface area (Å²) in [5.41, 5.74) is 0.855. The lowest BCUT2D eigenvalue weighted by Gasteiger charge is -2.21. The minimum absolute atomic E-state index is 0.205. The molecular formula is C15H20INO. The van der Waals surface area contributed by atoms with Gasteiger partial charge < -0.3 is 4.90 Å². The van der Waals surface area contributed by atoms with Crippen LogP contribution in [0, 0.1) is 9.49 Å². The Morgan fingerprint density at radius 1 is 1.33 bits per heavy atom. The number of nitrogens with zero attached hydrogens (tertiary/aromatic N) is 1. The van der Waals surface area contributed by atoms with Crippen molar-refractivity contribution >= 4 is 28.5 Å². The summed E-state index contributed by atoms with van der Waals surface area (Å²) in [6.45, 7) is 4.09. The van der Waals surface area contributed by atoms with Crippen molar-refractivity contribution in [3.8, 4) is 0 Å². The standard InChI is InChI=1S/C15H20INO/c1-2-12-6-5-10-17(11-9-12)15(18)13-7-3-4-8-14(13)16/h3-4,7-8,12H,2,5-6,9-11H2,1H3. The van der Waals surface area contributed by atoms with E-state index in [0.29, 0.717) is 0 Å². The van der Waals surface area contributed by atoms with Gasteiger partial charge in [0.2, 0.25) is 0 Å². The van der Waals surface area contributed by atoms with E-state index in [9.17, 15) is 4.79 Å². The molecule has 1 aromatic rings. The van der Waals surface area contributed by atoms with E-state index in [1.807, 2.05) is 29.2 Å². The second kappa shape index (κ2) is 6.55. The summed E-state index contributed by atoms with van der Waals surface area (Å²) in [6.07, 6.45) is 4.82. The maximum absolute atomic E-state index is 12.5. The second-order valence-corrected chi connectivity index (χ2v) is 6.14. The molecule has 1 atom stereocenters. The molecule has 0 spiro atoms. The predicted octanol–water partition coefficient (Wildman–Crippen LogP) is 3.94. The Morgan fingerprint density at radius 2 is 2.11 bits per heavy atom. The van der Waals surface area contributed by atoms with Gasteiger partial charge in [-0.15, -0.1) is 0 Å². The zero-order valence-corrected chi connectivity index (χ0v) is 13.0. The van der Waals surface area contributed by atoms with E-state index in [2.05, 4.69) is 29.5 Å². The number of halogens is 1. The number of carbonyl (C=O) groups is 1. The first-order valence-electron chi connectivity index (χ1n) is 6.76. The Balaban J connectivity index is 2.08. The van der Waals surface area contributed by atoms with Crippen LogP contribution in [0.5, 0.6) is 0 Å². The zero-order valence-electron chi connectivity index (χ0n) is 10.9. The summed E-state index contributed by atoms with van der Waals surface area (Å²) >= 11 is 2.25. The minimum Gasteiger partial charge on any atom is -0.339 e. The van der Waals surface area contributed by atoms with Crippen LogP contribution in [0.3, 0.4) is 0 Å². The van der Waals surface area contributed by atoms with Crippen molar-refractivity contribution in [1.82, 2.24) is 4.90 Å². The largest absolute Gasteiger partial charge is 0.339 e. The number of rotatable bonds is 2. The Hall–Kier alpha value is -0.580. The van der Waals surface area contributed by atoms with Crippen LogP contribution >= 0.6 is 22.6 Å². The van der Waals surface area contributed by atoms with Gasteiger partial charge in [-0.3, -0.25) is 4.79 Å². The van der Waals surface area contributed by atoms with Gasteiger partial charge in [-0.05, 0) is 59.9 Å². The van der Waals surface area contributed by atoms with Crippen molar-refractivity contribution in [3.63, 3.8) is 0 Å². The topological polar surface area (TPSA) is 20.3 Å². The Morgan fingerprint density at radius 3 is 2.83 bits per heavy atom. The van der Waals surface area contributed by atoms with Crippen molar-refractivity contribution in [2.45, 2.75) is 32.6 Å². The highest BCUT2D eigenvalue weighted by Crippen LogP contribution is 2.22. The van der Waals surface area contributed by atoms with Crippen LogP contribution in [0.4, 0.5) is 0 Å². The van der Waals surface area contributed by atoms with Crippen molar-refractivity contribution in [1.29, 1.82) is 0 Å². The molecule has 1 unspecified atom stereocenters. The summed E-state index contributed by atoms with van der Waals surface area (Å²) in [4.78, 5) is 14.5. The average Bonchev–Trinajstić information content (AvgIpc) is 2.63. The first kappa shape index (κ1) is 13.8. The molecule has 1 aromatic carbocycles. The van der Waals surface area contributed by atoms with Gasteiger partial charge in [-0.2, -0.15) is 0 Å². The SMILES string of the molecule is CCC1CCCN(C(=O)c2ccccc2I)CC1. The number of carbonyl (C=O) groups excluding carboxylic acids is 1. The molecule has 0 bridgehead atoms. The first-order valence-corrected chi connectivity index (χ1v) is 7.84. The van der Waals surface area contributed by atoms with E-state index in [-0.39, 0.29) is 5.91 Å². The molecule has 0 saturated carbocycles. The summed E-state index contributed by atoms with van der Waals surface area (Å²) in [6, 6.07) is 7.86. The van der Waals surface area contributed by atoms with E-state index in [1.165, 1.54) is 12.8 Å². The van der Waals surface area contributed by atoms with Crippen molar-refractivity contribution < 1.29 is 4.79 Å². The zero-order chi connectivity index (χ0) is 13.0. The van der Waals surface area contributed by atoms with Gasteiger partial charge in [0.15, 0.2) is 0 Å². The molecule has 1 saturated heterocycles. The highest BCUT2D eigenvalue weighted by molar-refractivity contribution is 14.1. The molecule has 3 heteroatoms. The van der Waals surface area contributed by atoms with Gasteiger partial charge in [0, 0.05) is 16.7 Å². The number of hydrogen-bond donors (Lipinski definition) is 0. The molecule has 1 aliphatic heterocycles. The highest BCUT2D eigenvalue weighted by Gasteiger charge is 2.21. The molecule has 1 heterocycles. The molecule has 0 radical (unpaired) electrons. The van der Waals surface area contributed by atoms with Crippen LogP contribution in [0.25, 0.3) is 0 Å². The van der Waals surface area contributed by atoms with E-state index in [1.54, 1.807) is 0 Å². The molecule has 0 aliphatic carbocycles. The second-order valence-electron chi connectivity index (χ2n) is 4.98. The van der Waals surface area contributed by atoms with Crippen molar-refractivity contribution in [2.75, 3.05) is 13.1 Å². The maximum Gasteiger partial charge on any atom is 0.254 e. The molecule has 2 nitrogen and oxygen atoms in total. The summed E-state index contributed by atoms with van der Waals surface area (Å²) in [7, 11) is 0. The molecule has 0 N–H and O–H groups in total. The fourth-order valence-corrected chi connectivity index (χ4v) is 3.20. The maximum atomic E-state index is 12.5. The fourth-order valence-electron chi connectivity index (χ4n) is 2.58. The first-order chi connectivity index (χ1) is 8.72. The fraction of sp³-hybridized carbons (Fsp3) is 0.533. The van der Waals surface area contributed by atoms with Crippen molar-refractivity contribution in [2.24, 2.45) is 5.92 Å². The normalized spacial score (nSPS) is 20.6. The van der Waals surface area contributed by atoms with E-state index in [0.717, 1.165) is 41.0 Å². The highest BCUT2D eigenvalue weighted by atomic mass is 127. The van der Waals surface area contributed by atoms with Crippen LogP contribution in [-0.2, 0) is 0 Å². The lowest BCUT2D eigenvalue weighted by molar-refractivity contribution is 0.0759. The molecular weight excluding hydrogens is 337 g/mol. The predicted molar refractivity (Wildman–Crippen MR) is 82.7 cm³/mol. The molecule has 1 fully saturated rings. The van der Waals surface area contributed by atoms with Gasteiger partial charge in [0.1, 0.15) is 0 Å². The summed E-state index contributed by atoms with van der Waals surface area (Å²) in [5, 5.41) is 0. The van der Waals surface area contributed by atoms with Crippen LogP contribution in [0.2, 0.25) is 0 Å². The van der Waals surface area contributed by atoms with Crippen molar-refractivity contribution in [3.05, 3.63) is 33.4 Å². The third-order valence-corrected chi connectivity index (χ3v) is 4.76. The van der Waals surface area contributed by atoms with E-state index < -0.39 is 0 Å². The number of hydrogen-bond acceptors (Lipinski definition) is 1. The van der Waals surface area contributed by atoms with E-state index >= 15 is 0 Å². The van der Waals surface area contributed by atoms with Gasteiger partial charge in [-0.1, -0.05) is 25.5 Å². The van der Waals surface area contributed by atoms with Gasteiger partial charge in [0.25, 0.3) is 5.91 Å². The molecule has 1 aliphatic rings. The van der Waals surface area contributed by atoms with Crippen LogP contribution < -0.4 is 0 Å². The van der Waals surface area contributed by atoms with Crippen LogP contribution in [-0.4, -0.2) is 23.9 Å². The average molecular weight is 357 g/mol. The third kappa shape index (κ3) is 3.25. The molecule has 98 valence electrons. The van der Waals surface area contributed by atoms with E-state index in [4.69, 9.17) is 0 Å². The smallest absolute Gasteiger partial charge is 0.254 e.